The van der Waals surface area contributed by atoms with Gasteiger partial charge in [-0.15, -0.1) is 11.8 Å². The normalized spacial score (nSPS) is 10.5. The molecule has 156 valence electrons. The zero-order valence-electron chi connectivity index (χ0n) is 16.0. The van der Waals surface area contributed by atoms with Crippen LogP contribution in [0.4, 0.5) is 10.1 Å². The Morgan fingerprint density at radius 3 is 2.53 bits per heavy atom. The molecule has 1 amide bonds. The fraction of sp³-hybridized carbons (Fsp3) is 0.136. The van der Waals surface area contributed by atoms with E-state index in [0.717, 1.165) is 0 Å². The minimum Gasteiger partial charge on any atom is -0.497 e. The number of benzene rings is 3. The van der Waals surface area contributed by atoms with Crippen LogP contribution in [0.2, 0.25) is 10.0 Å². The van der Waals surface area contributed by atoms with E-state index in [0.29, 0.717) is 44.3 Å². The summed E-state index contributed by atoms with van der Waals surface area (Å²) in [5.41, 5.74) is 0.926. The Bertz CT molecular complexity index is 1050. The minimum atomic E-state index is -0.390. The monoisotopic (exact) mass is 465 g/mol. The standard InChI is InChI=1S/C22H18Cl2FNO3S/c1-28-17-3-2-4-18(11-17)29-21-8-7-16(24)10-20(21)26-22(27)13-30-12-14-5-6-15(23)9-19(14)25/h2-11H,12-13H2,1H3,(H,26,27). The highest BCUT2D eigenvalue weighted by Gasteiger charge is 2.12. The Morgan fingerprint density at radius 1 is 1.03 bits per heavy atom. The lowest BCUT2D eigenvalue weighted by Crippen LogP contribution is -2.15. The molecule has 0 saturated carbocycles. The van der Waals surface area contributed by atoms with Gasteiger partial charge in [-0.25, -0.2) is 4.39 Å². The summed E-state index contributed by atoms with van der Waals surface area (Å²) < 4.78 is 24.9. The molecular weight excluding hydrogens is 448 g/mol. The van der Waals surface area contributed by atoms with Gasteiger partial charge in [0.2, 0.25) is 5.91 Å². The number of thioether (sulfide) groups is 1. The van der Waals surface area contributed by atoms with Crippen molar-refractivity contribution in [1.82, 2.24) is 0 Å². The molecule has 0 aromatic heterocycles. The molecule has 0 heterocycles. The lowest BCUT2D eigenvalue weighted by Gasteiger charge is -2.13. The molecule has 0 unspecified atom stereocenters. The third-order valence-electron chi connectivity index (χ3n) is 3.99. The van der Waals surface area contributed by atoms with Crippen molar-refractivity contribution in [2.75, 3.05) is 18.2 Å². The van der Waals surface area contributed by atoms with Crippen molar-refractivity contribution in [2.24, 2.45) is 0 Å². The second kappa shape index (κ2) is 10.6. The smallest absolute Gasteiger partial charge is 0.234 e. The summed E-state index contributed by atoms with van der Waals surface area (Å²) >= 11 is 13.1. The average molecular weight is 466 g/mol. The molecule has 0 atom stereocenters. The number of ether oxygens (including phenoxy) is 2. The number of hydrogen-bond acceptors (Lipinski definition) is 4. The summed E-state index contributed by atoms with van der Waals surface area (Å²) in [4.78, 5) is 12.4. The van der Waals surface area contributed by atoms with Crippen LogP contribution in [0.15, 0.2) is 60.7 Å². The van der Waals surface area contributed by atoms with Gasteiger partial charge >= 0.3 is 0 Å². The first-order valence-electron chi connectivity index (χ1n) is 8.87. The quantitative estimate of drug-likeness (QED) is 0.397. The van der Waals surface area contributed by atoms with Crippen LogP contribution in [-0.2, 0) is 10.5 Å². The summed E-state index contributed by atoms with van der Waals surface area (Å²) in [5, 5.41) is 3.59. The molecule has 3 aromatic rings. The highest BCUT2D eigenvalue weighted by atomic mass is 35.5. The van der Waals surface area contributed by atoms with Gasteiger partial charge in [0.05, 0.1) is 18.6 Å². The number of anilines is 1. The predicted octanol–water partition coefficient (Wildman–Crippen LogP) is 6.81. The number of carbonyl (C=O) groups excluding carboxylic acids is 1. The molecule has 0 bridgehead atoms. The maximum Gasteiger partial charge on any atom is 0.234 e. The van der Waals surface area contributed by atoms with Crippen LogP contribution in [0.5, 0.6) is 17.2 Å². The Balaban J connectivity index is 1.63. The van der Waals surface area contributed by atoms with Crippen molar-refractivity contribution in [3.05, 3.63) is 82.1 Å². The number of amides is 1. The second-order valence-corrected chi connectivity index (χ2v) is 8.06. The third-order valence-corrected chi connectivity index (χ3v) is 5.44. The van der Waals surface area contributed by atoms with E-state index >= 15 is 0 Å². The molecule has 3 aromatic carbocycles. The number of hydrogen-bond donors (Lipinski definition) is 1. The first-order chi connectivity index (χ1) is 14.4. The fourth-order valence-corrected chi connectivity index (χ4v) is 3.70. The molecule has 0 aliphatic rings. The molecule has 8 heteroatoms. The Labute approximate surface area is 188 Å². The Kier molecular flexibility index (Phi) is 7.85. The molecule has 0 fully saturated rings. The maximum absolute atomic E-state index is 13.8. The zero-order chi connectivity index (χ0) is 21.5. The largest absolute Gasteiger partial charge is 0.497 e. The van der Waals surface area contributed by atoms with Crippen molar-refractivity contribution in [2.45, 2.75) is 5.75 Å². The van der Waals surface area contributed by atoms with Crippen LogP contribution in [0.1, 0.15) is 5.56 Å². The summed E-state index contributed by atoms with van der Waals surface area (Å²) in [6.07, 6.45) is 0. The molecule has 4 nitrogen and oxygen atoms in total. The summed E-state index contributed by atoms with van der Waals surface area (Å²) in [6, 6.07) is 16.6. The molecule has 0 spiro atoms. The van der Waals surface area contributed by atoms with Gasteiger partial charge in [-0.2, -0.15) is 0 Å². The number of carbonyl (C=O) groups is 1. The summed E-state index contributed by atoms with van der Waals surface area (Å²) in [5.74, 6) is 1.48. The Hall–Kier alpha value is -2.41. The highest BCUT2D eigenvalue weighted by Crippen LogP contribution is 2.33. The van der Waals surface area contributed by atoms with Gasteiger partial charge in [-0.1, -0.05) is 35.3 Å². The van der Waals surface area contributed by atoms with E-state index in [-0.39, 0.29) is 17.5 Å². The average Bonchev–Trinajstić information content (AvgIpc) is 2.72. The molecule has 3 rings (SSSR count). The van der Waals surface area contributed by atoms with Crippen LogP contribution in [0.3, 0.4) is 0 Å². The molecule has 0 radical (unpaired) electrons. The molecule has 1 N–H and O–H groups in total. The Morgan fingerprint density at radius 2 is 1.77 bits per heavy atom. The predicted molar refractivity (Wildman–Crippen MR) is 121 cm³/mol. The van der Waals surface area contributed by atoms with Gasteiger partial charge in [-0.05, 0) is 48.0 Å². The van der Waals surface area contributed by atoms with Crippen LogP contribution >= 0.6 is 35.0 Å². The summed E-state index contributed by atoms with van der Waals surface area (Å²) in [7, 11) is 1.57. The first-order valence-corrected chi connectivity index (χ1v) is 10.8. The van der Waals surface area contributed by atoms with Crippen LogP contribution in [0.25, 0.3) is 0 Å². The topological polar surface area (TPSA) is 47.6 Å². The van der Waals surface area contributed by atoms with Crippen LogP contribution in [-0.4, -0.2) is 18.8 Å². The third kappa shape index (κ3) is 6.29. The van der Waals surface area contributed by atoms with Crippen LogP contribution in [0, 0.1) is 5.82 Å². The SMILES string of the molecule is COc1cccc(Oc2ccc(Cl)cc2NC(=O)CSCc2ccc(Cl)cc2F)c1. The molecular formula is C22H18Cl2FNO3S. The molecule has 0 aliphatic carbocycles. The van der Waals surface area contributed by atoms with Crippen molar-refractivity contribution in [3.8, 4) is 17.2 Å². The van der Waals surface area contributed by atoms with E-state index in [4.69, 9.17) is 32.7 Å². The van der Waals surface area contributed by atoms with Gasteiger partial charge in [0.1, 0.15) is 17.3 Å². The number of halogens is 3. The maximum atomic E-state index is 13.8. The minimum absolute atomic E-state index is 0.132. The zero-order valence-corrected chi connectivity index (χ0v) is 18.3. The van der Waals surface area contributed by atoms with E-state index in [1.165, 1.54) is 17.8 Å². The molecule has 0 saturated heterocycles. The van der Waals surface area contributed by atoms with Crippen molar-refractivity contribution in [3.63, 3.8) is 0 Å². The fourth-order valence-electron chi connectivity index (χ4n) is 2.56. The van der Waals surface area contributed by atoms with Gasteiger partial charge in [0, 0.05) is 21.9 Å². The van der Waals surface area contributed by atoms with Crippen LogP contribution < -0.4 is 14.8 Å². The lowest BCUT2D eigenvalue weighted by molar-refractivity contribution is -0.113. The number of nitrogens with one attached hydrogen (secondary N) is 1. The van der Waals surface area contributed by atoms with Gasteiger partial charge in [0.25, 0.3) is 0 Å². The van der Waals surface area contributed by atoms with E-state index < -0.39 is 0 Å². The lowest BCUT2D eigenvalue weighted by atomic mass is 10.2. The molecule has 30 heavy (non-hydrogen) atoms. The highest BCUT2D eigenvalue weighted by molar-refractivity contribution is 7.99. The van der Waals surface area contributed by atoms with E-state index in [1.54, 1.807) is 61.7 Å². The van der Waals surface area contributed by atoms with Crippen molar-refractivity contribution < 1.29 is 18.7 Å². The molecule has 0 aliphatic heterocycles. The van der Waals surface area contributed by atoms with Crippen molar-refractivity contribution >= 4 is 46.6 Å². The summed E-state index contributed by atoms with van der Waals surface area (Å²) in [6.45, 7) is 0. The van der Waals surface area contributed by atoms with Gasteiger partial charge in [0.15, 0.2) is 5.75 Å². The first kappa shape index (κ1) is 22.3. The second-order valence-electron chi connectivity index (χ2n) is 6.20. The van der Waals surface area contributed by atoms with E-state index in [9.17, 15) is 9.18 Å². The van der Waals surface area contributed by atoms with Gasteiger partial charge < -0.3 is 14.8 Å². The van der Waals surface area contributed by atoms with E-state index in [1.807, 2.05) is 0 Å². The van der Waals surface area contributed by atoms with Crippen molar-refractivity contribution in [1.29, 1.82) is 0 Å². The van der Waals surface area contributed by atoms with E-state index in [2.05, 4.69) is 5.32 Å². The van der Waals surface area contributed by atoms with Gasteiger partial charge in [-0.3, -0.25) is 4.79 Å². The number of rotatable bonds is 8. The number of methoxy groups -OCH3 is 1.